The molecule has 0 amide bonds. The SMILES string of the molecule is COc1cc(N(C2CC2)C2CCN(Cc3cnn4c3COCC4)CC2)ncn1. The van der Waals surface area contributed by atoms with E-state index in [1.54, 1.807) is 13.4 Å². The zero-order valence-electron chi connectivity index (χ0n) is 16.5. The van der Waals surface area contributed by atoms with Crippen LogP contribution in [-0.4, -0.2) is 63.5 Å². The topological polar surface area (TPSA) is 68.5 Å². The van der Waals surface area contributed by atoms with Gasteiger partial charge in [-0.3, -0.25) is 9.58 Å². The average Bonchev–Trinajstić information content (AvgIpc) is 3.50. The van der Waals surface area contributed by atoms with E-state index < -0.39 is 0 Å². The Balaban J connectivity index is 1.24. The summed E-state index contributed by atoms with van der Waals surface area (Å²) in [5.41, 5.74) is 2.57. The van der Waals surface area contributed by atoms with Crippen molar-refractivity contribution in [1.82, 2.24) is 24.6 Å². The van der Waals surface area contributed by atoms with Crippen LogP contribution in [0.4, 0.5) is 5.82 Å². The molecule has 0 radical (unpaired) electrons. The van der Waals surface area contributed by atoms with Crippen molar-refractivity contribution in [3.8, 4) is 5.88 Å². The van der Waals surface area contributed by atoms with Gasteiger partial charge >= 0.3 is 0 Å². The highest BCUT2D eigenvalue weighted by molar-refractivity contribution is 5.45. The number of likely N-dealkylation sites (tertiary alicyclic amines) is 1. The number of piperidine rings is 1. The summed E-state index contributed by atoms with van der Waals surface area (Å²) in [7, 11) is 1.66. The van der Waals surface area contributed by atoms with Crippen molar-refractivity contribution in [2.45, 2.75) is 57.5 Å². The number of hydrogen-bond donors (Lipinski definition) is 0. The smallest absolute Gasteiger partial charge is 0.218 e. The van der Waals surface area contributed by atoms with Gasteiger partial charge in [-0.05, 0) is 25.7 Å². The Kier molecular flexibility index (Phi) is 4.90. The Morgan fingerprint density at radius 2 is 1.96 bits per heavy atom. The first-order valence-electron chi connectivity index (χ1n) is 10.3. The molecular weight excluding hydrogens is 356 g/mol. The van der Waals surface area contributed by atoms with Crippen LogP contribution in [0.2, 0.25) is 0 Å². The Labute approximate surface area is 165 Å². The van der Waals surface area contributed by atoms with Crippen LogP contribution in [0, 0.1) is 0 Å². The maximum atomic E-state index is 5.63. The molecule has 0 unspecified atom stereocenters. The first kappa shape index (κ1) is 17.9. The molecule has 0 bridgehead atoms. The Bertz CT molecular complexity index is 813. The lowest BCUT2D eigenvalue weighted by molar-refractivity contribution is 0.0784. The van der Waals surface area contributed by atoms with E-state index in [0.717, 1.165) is 51.4 Å². The zero-order valence-corrected chi connectivity index (χ0v) is 16.5. The summed E-state index contributed by atoms with van der Waals surface area (Å²) in [6, 6.07) is 3.13. The number of nitrogens with zero attached hydrogens (tertiary/aromatic N) is 6. The normalized spacial score (nSPS) is 20.8. The summed E-state index contributed by atoms with van der Waals surface area (Å²) in [5.74, 6) is 1.65. The maximum Gasteiger partial charge on any atom is 0.218 e. The molecule has 2 aromatic heterocycles. The third kappa shape index (κ3) is 3.58. The Morgan fingerprint density at radius 3 is 2.75 bits per heavy atom. The fourth-order valence-electron chi connectivity index (χ4n) is 4.47. The highest BCUT2D eigenvalue weighted by atomic mass is 16.5. The lowest BCUT2D eigenvalue weighted by Crippen LogP contribution is -2.46. The first-order chi connectivity index (χ1) is 13.8. The highest BCUT2D eigenvalue weighted by Gasteiger charge is 2.36. The van der Waals surface area contributed by atoms with E-state index in [0.29, 0.717) is 24.6 Å². The zero-order chi connectivity index (χ0) is 18.9. The average molecular weight is 384 g/mol. The molecular formula is C20H28N6O2. The van der Waals surface area contributed by atoms with Gasteiger partial charge in [-0.1, -0.05) is 0 Å². The van der Waals surface area contributed by atoms with Gasteiger partial charge in [0.2, 0.25) is 5.88 Å². The Morgan fingerprint density at radius 1 is 1.14 bits per heavy atom. The molecule has 8 nitrogen and oxygen atoms in total. The number of ether oxygens (including phenoxy) is 2. The summed E-state index contributed by atoms with van der Waals surface area (Å²) in [6.45, 7) is 5.50. The predicted octanol–water partition coefficient (Wildman–Crippen LogP) is 1.85. The van der Waals surface area contributed by atoms with Crippen LogP contribution in [0.5, 0.6) is 5.88 Å². The van der Waals surface area contributed by atoms with Crippen LogP contribution >= 0.6 is 0 Å². The van der Waals surface area contributed by atoms with Crippen molar-refractivity contribution in [3.05, 3.63) is 29.8 Å². The van der Waals surface area contributed by atoms with Gasteiger partial charge in [0.15, 0.2) is 0 Å². The maximum absolute atomic E-state index is 5.63. The predicted molar refractivity (Wildman–Crippen MR) is 104 cm³/mol. The number of anilines is 1. The van der Waals surface area contributed by atoms with Crippen molar-refractivity contribution in [2.75, 3.05) is 31.7 Å². The number of fused-ring (bicyclic) bond motifs is 1. The first-order valence-corrected chi connectivity index (χ1v) is 10.3. The summed E-state index contributed by atoms with van der Waals surface area (Å²) < 4.78 is 13.0. The second-order valence-corrected chi connectivity index (χ2v) is 7.96. The third-order valence-electron chi connectivity index (χ3n) is 6.11. The second-order valence-electron chi connectivity index (χ2n) is 7.96. The summed E-state index contributed by atoms with van der Waals surface area (Å²) in [5, 5.41) is 4.53. The molecule has 2 aliphatic heterocycles. The van der Waals surface area contributed by atoms with Gasteiger partial charge < -0.3 is 14.4 Å². The quantitative estimate of drug-likeness (QED) is 0.753. The van der Waals surface area contributed by atoms with Gasteiger partial charge in [0.25, 0.3) is 0 Å². The van der Waals surface area contributed by atoms with E-state index in [4.69, 9.17) is 9.47 Å². The van der Waals surface area contributed by atoms with E-state index in [-0.39, 0.29) is 0 Å². The minimum Gasteiger partial charge on any atom is -0.481 e. The van der Waals surface area contributed by atoms with Crippen molar-refractivity contribution in [3.63, 3.8) is 0 Å². The molecule has 3 aliphatic rings. The molecule has 1 saturated carbocycles. The minimum atomic E-state index is 0.535. The number of hydrogen-bond acceptors (Lipinski definition) is 7. The molecule has 0 spiro atoms. The molecule has 2 fully saturated rings. The molecule has 4 heterocycles. The fraction of sp³-hybridized carbons (Fsp3) is 0.650. The summed E-state index contributed by atoms with van der Waals surface area (Å²) >= 11 is 0. The fourth-order valence-corrected chi connectivity index (χ4v) is 4.47. The molecule has 0 N–H and O–H groups in total. The van der Waals surface area contributed by atoms with E-state index in [1.165, 1.54) is 24.1 Å². The van der Waals surface area contributed by atoms with Crippen molar-refractivity contribution in [2.24, 2.45) is 0 Å². The van der Waals surface area contributed by atoms with Crippen LogP contribution in [0.15, 0.2) is 18.6 Å². The summed E-state index contributed by atoms with van der Waals surface area (Å²) in [4.78, 5) is 13.8. The minimum absolute atomic E-state index is 0.535. The van der Waals surface area contributed by atoms with Gasteiger partial charge in [0, 0.05) is 43.3 Å². The largest absolute Gasteiger partial charge is 0.481 e. The van der Waals surface area contributed by atoms with Crippen LogP contribution in [0.25, 0.3) is 0 Å². The monoisotopic (exact) mass is 384 g/mol. The van der Waals surface area contributed by atoms with Gasteiger partial charge in [0.05, 0.1) is 38.8 Å². The lowest BCUT2D eigenvalue weighted by Gasteiger charge is -2.39. The van der Waals surface area contributed by atoms with Gasteiger partial charge in [0.1, 0.15) is 12.1 Å². The van der Waals surface area contributed by atoms with Gasteiger partial charge in [-0.2, -0.15) is 5.10 Å². The standard InChI is InChI=1S/C20H28N6O2/c1-27-20-10-19(21-14-22-20)26(16-2-3-16)17-4-6-24(7-5-17)12-15-11-23-25-8-9-28-13-18(15)25/h10-11,14,16-17H,2-9,12-13H2,1H3. The van der Waals surface area contributed by atoms with E-state index in [2.05, 4.69) is 29.5 Å². The van der Waals surface area contributed by atoms with Crippen molar-refractivity contribution >= 4 is 5.82 Å². The molecule has 28 heavy (non-hydrogen) atoms. The molecule has 8 heteroatoms. The highest BCUT2D eigenvalue weighted by Crippen LogP contribution is 2.36. The number of rotatable bonds is 6. The van der Waals surface area contributed by atoms with Crippen LogP contribution in [-0.2, 0) is 24.4 Å². The van der Waals surface area contributed by atoms with Crippen LogP contribution in [0.3, 0.4) is 0 Å². The van der Waals surface area contributed by atoms with E-state index >= 15 is 0 Å². The Hall–Kier alpha value is -2.19. The molecule has 1 saturated heterocycles. The molecule has 150 valence electrons. The van der Waals surface area contributed by atoms with Crippen molar-refractivity contribution in [1.29, 1.82) is 0 Å². The number of methoxy groups -OCH3 is 1. The third-order valence-corrected chi connectivity index (χ3v) is 6.11. The van der Waals surface area contributed by atoms with Crippen LogP contribution < -0.4 is 9.64 Å². The molecule has 0 atom stereocenters. The molecule has 2 aromatic rings. The molecule has 1 aliphatic carbocycles. The molecule has 5 rings (SSSR count). The van der Waals surface area contributed by atoms with Crippen molar-refractivity contribution < 1.29 is 9.47 Å². The van der Waals surface area contributed by atoms with Gasteiger partial charge in [-0.15, -0.1) is 0 Å². The van der Waals surface area contributed by atoms with E-state index in [1.807, 2.05) is 12.3 Å². The van der Waals surface area contributed by atoms with Gasteiger partial charge in [-0.25, -0.2) is 9.97 Å². The molecule has 0 aromatic carbocycles. The second kappa shape index (κ2) is 7.67. The number of aromatic nitrogens is 4. The lowest BCUT2D eigenvalue weighted by atomic mass is 10.0. The van der Waals surface area contributed by atoms with Crippen LogP contribution in [0.1, 0.15) is 36.9 Å². The van der Waals surface area contributed by atoms with E-state index in [9.17, 15) is 0 Å². The summed E-state index contributed by atoms with van der Waals surface area (Å²) in [6.07, 6.45) is 8.47.